The van der Waals surface area contributed by atoms with Crippen LogP contribution in [-0.4, -0.2) is 6.61 Å². The van der Waals surface area contributed by atoms with Crippen LogP contribution in [-0.2, 0) is 4.74 Å². The molecule has 1 aliphatic rings. The molecule has 0 spiro atoms. The first kappa shape index (κ1) is 21.5. The fourth-order valence-electron chi connectivity index (χ4n) is 3.21. The minimum Gasteiger partial charge on any atom is -0.494 e. The zero-order valence-corrected chi connectivity index (χ0v) is 17.4. The van der Waals surface area contributed by atoms with Crippen molar-refractivity contribution in [3.63, 3.8) is 0 Å². The summed E-state index contributed by atoms with van der Waals surface area (Å²) in [6, 6.07) is 10.6. The van der Waals surface area contributed by atoms with Gasteiger partial charge in [0, 0.05) is 5.92 Å². The Morgan fingerprint density at radius 1 is 1.14 bits per heavy atom. The van der Waals surface area contributed by atoms with Gasteiger partial charge >= 0.3 is 0 Å². The van der Waals surface area contributed by atoms with Gasteiger partial charge < -0.3 is 4.74 Å². The zero-order chi connectivity index (χ0) is 20.2. The maximum Gasteiger partial charge on any atom is 0.118 e. The van der Waals surface area contributed by atoms with Crippen molar-refractivity contribution < 1.29 is 4.74 Å². The van der Waals surface area contributed by atoms with Crippen molar-refractivity contribution in [1.29, 1.82) is 0 Å². The second-order valence-electron chi connectivity index (χ2n) is 6.75. The van der Waals surface area contributed by atoms with Gasteiger partial charge in [0.15, 0.2) is 0 Å². The van der Waals surface area contributed by atoms with E-state index in [0.717, 1.165) is 18.6 Å². The molecule has 0 heterocycles. The Bertz CT molecular complexity index is 813. The van der Waals surface area contributed by atoms with E-state index in [0.29, 0.717) is 12.5 Å². The molecule has 0 N–H and O–H groups in total. The zero-order valence-electron chi connectivity index (χ0n) is 17.4. The van der Waals surface area contributed by atoms with Crippen LogP contribution in [0.3, 0.4) is 0 Å². The molecule has 28 heavy (non-hydrogen) atoms. The third-order valence-electron chi connectivity index (χ3n) is 4.76. The summed E-state index contributed by atoms with van der Waals surface area (Å²) in [6.45, 7) is 10.9. The van der Waals surface area contributed by atoms with E-state index < -0.39 is 0 Å². The first-order valence-electron chi connectivity index (χ1n) is 10.1. The number of rotatable bonds is 9. The number of benzene rings is 1. The fraction of sp³-hybridized carbons (Fsp3) is 0.259. The maximum atomic E-state index is 5.59. The Balaban J connectivity index is 2.46. The van der Waals surface area contributed by atoms with Gasteiger partial charge in [0.2, 0.25) is 0 Å². The topological polar surface area (TPSA) is 9.23 Å². The normalized spacial score (nSPS) is 16.4. The molecule has 0 saturated carbocycles. The molecule has 1 aromatic rings. The summed E-state index contributed by atoms with van der Waals surface area (Å²) in [4.78, 5) is 0. The Labute approximate surface area is 170 Å². The SMILES string of the molecule is C=C/C(=C\C=C(/C)C(=CC(CC)C1=CC=CCC=C1)c1ccccc1)OCC. The van der Waals surface area contributed by atoms with Crippen molar-refractivity contribution in [2.45, 2.75) is 33.6 Å². The molecule has 1 heteroatoms. The van der Waals surface area contributed by atoms with E-state index in [4.69, 9.17) is 4.74 Å². The van der Waals surface area contributed by atoms with Crippen molar-refractivity contribution in [3.8, 4) is 0 Å². The smallest absolute Gasteiger partial charge is 0.118 e. The van der Waals surface area contributed by atoms with Crippen LogP contribution in [0.25, 0.3) is 5.57 Å². The van der Waals surface area contributed by atoms with E-state index in [2.05, 4.69) is 93.3 Å². The summed E-state index contributed by atoms with van der Waals surface area (Å²) in [5, 5.41) is 0. The standard InChI is InChI=1S/C27H32O/c1-5-23(24-15-11-8-9-12-16-24)21-27(25-17-13-10-14-18-25)22(4)19-20-26(6-2)28-7-3/h6,8,10-21,23H,2,5,7,9H2,1,3-4H3/b22-19+,26-20+,27-21?. The lowest BCUT2D eigenvalue weighted by Gasteiger charge is -2.16. The lowest BCUT2D eigenvalue weighted by atomic mass is 9.88. The third-order valence-corrected chi connectivity index (χ3v) is 4.76. The molecule has 1 nitrogen and oxygen atoms in total. The highest BCUT2D eigenvalue weighted by Crippen LogP contribution is 2.29. The molecule has 146 valence electrons. The van der Waals surface area contributed by atoms with E-state index in [-0.39, 0.29) is 0 Å². The van der Waals surface area contributed by atoms with E-state index in [1.807, 2.05) is 13.0 Å². The van der Waals surface area contributed by atoms with Gasteiger partial charge in [-0.15, -0.1) is 0 Å². The molecule has 1 aromatic carbocycles. The monoisotopic (exact) mass is 372 g/mol. The molecule has 0 aliphatic heterocycles. The molecular formula is C27H32O. The minimum atomic E-state index is 0.368. The molecule has 0 bridgehead atoms. The van der Waals surface area contributed by atoms with Crippen molar-refractivity contribution in [2.24, 2.45) is 5.92 Å². The Morgan fingerprint density at radius 2 is 1.93 bits per heavy atom. The van der Waals surface area contributed by atoms with Gasteiger partial charge in [0.05, 0.1) is 6.61 Å². The lowest BCUT2D eigenvalue weighted by molar-refractivity contribution is 0.243. The summed E-state index contributed by atoms with van der Waals surface area (Å²) in [7, 11) is 0. The van der Waals surface area contributed by atoms with Crippen molar-refractivity contribution in [2.75, 3.05) is 6.61 Å². The summed E-state index contributed by atoms with van der Waals surface area (Å²) in [5.74, 6) is 1.16. The average Bonchev–Trinajstić information content (AvgIpc) is 3.02. The van der Waals surface area contributed by atoms with Crippen LogP contribution >= 0.6 is 0 Å². The van der Waals surface area contributed by atoms with Gasteiger partial charge in [-0.3, -0.25) is 0 Å². The predicted octanol–water partition coefficient (Wildman–Crippen LogP) is 7.59. The molecule has 1 unspecified atom stereocenters. The van der Waals surface area contributed by atoms with Gasteiger partial charge in [0.25, 0.3) is 0 Å². The highest BCUT2D eigenvalue weighted by atomic mass is 16.5. The van der Waals surface area contributed by atoms with Gasteiger partial charge in [-0.1, -0.05) is 86.4 Å². The van der Waals surface area contributed by atoms with Crippen LogP contribution in [0.1, 0.15) is 39.2 Å². The van der Waals surface area contributed by atoms with E-state index in [1.165, 1.54) is 22.3 Å². The van der Waals surface area contributed by atoms with E-state index >= 15 is 0 Å². The Hall–Kier alpha value is -2.80. The van der Waals surface area contributed by atoms with Gasteiger partial charge in [-0.2, -0.15) is 0 Å². The van der Waals surface area contributed by atoms with E-state index in [9.17, 15) is 0 Å². The fourth-order valence-corrected chi connectivity index (χ4v) is 3.21. The first-order valence-corrected chi connectivity index (χ1v) is 10.1. The lowest BCUT2D eigenvalue weighted by Crippen LogP contribution is -2.00. The highest BCUT2D eigenvalue weighted by Gasteiger charge is 2.12. The second kappa shape index (κ2) is 11.8. The van der Waals surface area contributed by atoms with Crippen LogP contribution in [0.15, 0.2) is 109 Å². The predicted molar refractivity (Wildman–Crippen MR) is 123 cm³/mol. The van der Waals surface area contributed by atoms with Crippen molar-refractivity contribution in [3.05, 3.63) is 114 Å². The van der Waals surface area contributed by atoms with Crippen LogP contribution in [0, 0.1) is 5.92 Å². The molecule has 0 fully saturated rings. The summed E-state index contributed by atoms with van der Waals surface area (Å²) in [5.41, 5.74) is 5.05. The van der Waals surface area contributed by atoms with Gasteiger partial charge in [0.1, 0.15) is 5.76 Å². The average molecular weight is 373 g/mol. The number of hydrogen-bond donors (Lipinski definition) is 0. The quantitative estimate of drug-likeness (QED) is 0.320. The molecule has 0 saturated heterocycles. The van der Waals surface area contributed by atoms with Crippen molar-refractivity contribution in [1.82, 2.24) is 0 Å². The maximum absolute atomic E-state index is 5.59. The summed E-state index contributed by atoms with van der Waals surface area (Å²) in [6.07, 6.45) is 21.4. The van der Waals surface area contributed by atoms with Gasteiger partial charge in [-0.05, 0) is 61.1 Å². The third kappa shape index (κ3) is 6.42. The van der Waals surface area contributed by atoms with Crippen LogP contribution in [0.4, 0.5) is 0 Å². The first-order chi connectivity index (χ1) is 13.7. The second-order valence-corrected chi connectivity index (χ2v) is 6.75. The molecule has 0 aromatic heterocycles. The molecule has 0 radical (unpaired) electrons. The van der Waals surface area contributed by atoms with Gasteiger partial charge in [-0.25, -0.2) is 0 Å². The van der Waals surface area contributed by atoms with Crippen molar-refractivity contribution >= 4 is 5.57 Å². The number of ether oxygens (including phenoxy) is 1. The van der Waals surface area contributed by atoms with Crippen LogP contribution in [0.5, 0.6) is 0 Å². The molecular weight excluding hydrogens is 340 g/mol. The minimum absolute atomic E-state index is 0.368. The Morgan fingerprint density at radius 3 is 2.61 bits per heavy atom. The van der Waals surface area contributed by atoms with Crippen LogP contribution < -0.4 is 0 Å². The molecule has 1 aliphatic carbocycles. The molecule has 1 atom stereocenters. The number of allylic oxidation sites excluding steroid dienone is 12. The molecule has 2 rings (SSSR count). The molecule has 0 amide bonds. The largest absolute Gasteiger partial charge is 0.494 e. The summed E-state index contributed by atoms with van der Waals surface area (Å²) < 4.78 is 5.59. The van der Waals surface area contributed by atoms with Crippen LogP contribution in [0.2, 0.25) is 0 Å². The number of hydrogen-bond acceptors (Lipinski definition) is 1. The summed E-state index contributed by atoms with van der Waals surface area (Å²) >= 11 is 0. The highest BCUT2D eigenvalue weighted by molar-refractivity contribution is 5.79. The van der Waals surface area contributed by atoms with E-state index in [1.54, 1.807) is 6.08 Å². The Kier molecular flexibility index (Phi) is 9.07.